The van der Waals surface area contributed by atoms with Crippen molar-refractivity contribution in [2.75, 3.05) is 5.32 Å². The van der Waals surface area contributed by atoms with Crippen molar-refractivity contribution in [1.82, 2.24) is 9.61 Å². The number of hydrogen-bond donors (Lipinski definition) is 1. The highest BCUT2D eigenvalue weighted by Crippen LogP contribution is 2.27. The van der Waals surface area contributed by atoms with Crippen LogP contribution in [0.4, 0.5) is 11.4 Å². The molecule has 0 atom stereocenters. The van der Waals surface area contributed by atoms with Crippen LogP contribution in [0.5, 0.6) is 0 Å². The first-order valence-electron chi connectivity index (χ1n) is 6.24. The van der Waals surface area contributed by atoms with E-state index >= 15 is 0 Å². The van der Waals surface area contributed by atoms with Crippen LogP contribution in [0.1, 0.15) is 5.56 Å². The lowest BCUT2D eigenvalue weighted by atomic mass is 10.2. The molecule has 21 heavy (non-hydrogen) atoms. The van der Waals surface area contributed by atoms with Crippen LogP contribution < -0.4 is 5.32 Å². The largest absolute Gasteiger partial charge is 0.381 e. The third kappa shape index (κ3) is 2.66. The highest BCUT2D eigenvalue weighted by atomic mass is 35.5. The second-order valence-electron chi connectivity index (χ2n) is 4.48. The van der Waals surface area contributed by atoms with Crippen LogP contribution in [-0.2, 0) is 6.54 Å². The molecule has 106 valence electrons. The molecule has 6 nitrogen and oxygen atoms in total. The van der Waals surface area contributed by atoms with Crippen LogP contribution in [0.25, 0.3) is 5.52 Å². The fourth-order valence-corrected chi connectivity index (χ4v) is 2.27. The monoisotopic (exact) mass is 302 g/mol. The Labute approximate surface area is 125 Å². The van der Waals surface area contributed by atoms with Gasteiger partial charge in [-0.05, 0) is 24.3 Å². The summed E-state index contributed by atoms with van der Waals surface area (Å²) in [4.78, 5) is 10.4. The van der Waals surface area contributed by atoms with Crippen molar-refractivity contribution in [3.05, 3.63) is 69.5 Å². The molecule has 3 aromatic rings. The maximum atomic E-state index is 10.9. The summed E-state index contributed by atoms with van der Waals surface area (Å²) < 4.78 is 1.78. The zero-order valence-corrected chi connectivity index (χ0v) is 11.6. The van der Waals surface area contributed by atoms with Gasteiger partial charge in [-0.25, -0.2) is 4.52 Å². The molecule has 0 spiro atoms. The summed E-state index contributed by atoms with van der Waals surface area (Å²) in [6.45, 7) is 0.520. The molecular formula is C14H11ClN4O2. The van der Waals surface area contributed by atoms with E-state index in [-0.39, 0.29) is 10.7 Å². The van der Waals surface area contributed by atoms with E-state index in [0.717, 1.165) is 11.1 Å². The zero-order valence-electron chi connectivity index (χ0n) is 10.9. The molecule has 0 fully saturated rings. The molecule has 1 aromatic carbocycles. The molecule has 0 aliphatic rings. The first-order chi connectivity index (χ1) is 10.1. The summed E-state index contributed by atoms with van der Waals surface area (Å²) in [6.07, 6.45) is 3.64. The number of nitro benzene ring substituents is 1. The Hall–Kier alpha value is -2.60. The molecule has 0 unspecified atom stereocenters. The van der Waals surface area contributed by atoms with Gasteiger partial charge >= 0.3 is 0 Å². The van der Waals surface area contributed by atoms with Crippen molar-refractivity contribution in [1.29, 1.82) is 0 Å². The van der Waals surface area contributed by atoms with Crippen LogP contribution in [-0.4, -0.2) is 14.5 Å². The lowest BCUT2D eigenvalue weighted by Gasteiger charge is -2.06. The molecule has 0 saturated carbocycles. The number of pyridine rings is 1. The number of fused-ring (bicyclic) bond motifs is 1. The van der Waals surface area contributed by atoms with Crippen LogP contribution in [0.2, 0.25) is 5.02 Å². The average Bonchev–Trinajstić information content (AvgIpc) is 2.89. The second-order valence-corrected chi connectivity index (χ2v) is 4.88. The van der Waals surface area contributed by atoms with E-state index in [2.05, 4.69) is 10.4 Å². The molecule has 7 heteroatoms. The molecule has 0 bridgehead atoms. The Kier molecular flexibility index (Phi) is 3.45. The van der Waals surface area contributed by atoms with E-state index in [4.69, 9.17) is 11.6 Å². The first kappa shape index (κ1) is 13.4. The van der Waals surface area contributed by atoms with Gasteiger partial charge in [-0.3, -0.25) is 10.1 Å². The average molecular weight is 303 g/mol. The fraction of sp³-hybridized carbons (Fsp3) is 0.0714. The number of rotatable bonds is 4. The number of aromatic nitrogens is 2. The Balaban J connectivity index is 1.82. The zero-order chi connectivity index (χ0) is 14.8. The third-order valence-corrected chi connectivity index (χ3v) is 3.45. The third-order valence-electron chi connectivity index (χ3n) is 3.13. The number of nitro groups is 1. The number of nitrogens with one attached hydrogen (secondary N) is 1. The molecule has 0 aliphatic heterocycles. The lowest BCUT2D eigenvalue weighted by molar-refractivity contribution is -0.384. The van der Waals surface area contributed by atoms with Crippen molar-refractivity contribution < 1.29 is 4.92 Å². The van der Waals surface area contributed by atoms with E-state index in [1.54, 1.807) is 16.8 Å². The minimum atomic E-state index is -0.497. The highest BCUT2D eigenvalue weighted by Gasteiger charge is 2.12. The van der Waals surface area contributed by atoms with Gasteiger partial charge in [-0.2, -0.15) is 5.10 Å². The van der Waals surface area contributed by atoms with Crippen LogP contribution in [0.15, 0.2) is 48.8 Å². The van der Waals surface area contributed by atoms with Crippen molar-refractivity contribution >= 4 is 28.5 Å². The van der Waals surface area contributed by atoms with Gasteiger partial charge in [0, 0.05) is 30.1 Å². The molecule has 3 rings (SSSR count). The van der Waals surface area contributed by atoms with Gasteiger partial charge in [-0.15, -0.1) is 0 Å². The Morgan fingerprint density at radius 1 is 1.33 bits per heavy atom. The summed E-state index contributed by atoms with van der Waals surface area (Å²) in [5.41, 5.74) is 2.53. The minimum absolute atomic E-state index is 0.110. The number of benzene rings is 1. The summed E-state index contributed by atoms with van der Waals surface area (Å²) in [5.74, 6) is 0. The van der Waals surface area contributed by atoms with Crippen molar-refractivity contribution in [2.24, 2.45) is 0 Å². The Bertz CT molecular complexity index is 816. The fourth-order valence-electron chi connectivity index (χ4n) is 2.08. The molecule has 0 amide bonds. The summed E-state index contributed by atoms with van der Waals surface area (Å²) in [6, 6.07) is 10.5. The van der Waals surface area contributed by atoms with Gasteiger partial charge < -0.3 is 5.32 Å². The quantitative estimate of drug-likeness (QED) is 0.591. The van der Waals surface area contributed by atoms with Crippen molar-refractivity contribution in [3.63, 3.8) is 0 Å². The molecule has 0 radical (unpaired) electrons. The normalized spacial score (nSPS) is 10.7. The molecule has 2 heterocycles. The van der Waals surface area contributed by atoms with Gasteiger partial charge in [0.1, 0.15) is 5.02 Å². The number of hydrogen-bond acceptors (Lipinski definition) is 4. The first-order valence-corrected chi connectivity index (χ1v) is 6.62. The smallest absolute Gasteiger partial charge is 0.289 e. The predicted octanol–water partition coefficient (Wildman–Crippen LogP) is 3.51. The standard InChI is InChI=1S/C14H11ClN4O2/c15-12-5-4-11(7-14(12)19(20)21)16-8-10-9-17-18-6-2-1-3-13(10)18/h1-7,9,16H,8H2. The number of halogens is 1. The van der Waals surface area contributed by atoms with Gasteiger partial charge in [0.05, 0.1) is 16.6 Å². The van der Waals surface area contributed by atoms with Gasteiger partial charge in [-0.1, -0.05) is 17.7 Å². The number of nitrogens with zero attached hydrogens (tertiary/aromatic N) is 3. The molecule has 1 N–H and O–H groups in total. The molecule has 0 aliphatic carbocycles. The van der Waals surface area contributed by atoms with Crippen molar-refractivity contribution in [2.45, 2.75) is 6.54 Å². The van der Waals surface area contributed by atoms with E-state index in [9.17, 15) is 10.1 Å². The summed E-state index contributed by atoms with van der Waals surface area (Å²) in [7, 11) is 0. The lowest BCUT2D eigenvalue weighted by Crippen LogP contribution is -2.00. The van der Waals surface area contributed by atoms with Crippen LogP contribution >= 0.6 is 11.6 Å². The van der Waals surface area contributed by atoms with E-state index in [1.165, 1.54) is 12.1 Å². The second kappa shape index (κ2) is 5.41. The summed E-state index contributed by atoms with van der Waals surface area (Å²) >= 11 is 5.79. The SMILES string of the molecule is O=[N+]([O-])c1cc(NCc2cnn3ccccc23)ccc1Cl. The van der Waals surface area contributed by atoms with Crippen molar-refractivity contribution in [3.8, 4) is 0 Å². The summed E-state index contributed by atoms with van der Waals surface area (Å²) in [5, 5.41) is 18.4. The maximum absolute atomic E-state index is 10.9. The van der Waals surface area contributed by atoms with Gasteiger partial charge in [0.15, 0.2) is 0 Å². The topological polar surface area (TPSA) is 72.5 Å². The van der Waals surface area contributed by atoms with Crippen LogP contribution in [0, 0.1) is 10.1 Å². The van der Waals surface area contributed by atoms with E-state index < -0.39 is 4.92 Å². The van der Waals surface area contributed by atoms with Gasteiger partial charge in [0.2, 0.25) is 0 Å². The maximum Gasteiger partial charge on any atom is 0.289 e. The Morgan fingerprint density at radius 2 is 2.19 bits per heavy atom. The van der Waals surface area contributed by atoms with E-state index in [1.807, 2.05) is 24.4 Å². The number of anilines is 1. The highest BCUT2D eigenvalue weighted by molar-refractivity contribution is 6.32. The molecule has 2 aromatic heterocycles. The molecular weight excluding hydrogens is 292 g/mol. The van der Waals surface area contributed by atoms with E-state index in [0.29, 0.717) is 12.2 Å². The predicted molar refractivity (Wildman–Crippen MR) is 80.6 cm³/mol. The molecule has 0 saturated heterocycles. The van der Waals surface area contributed by atoms with Crippen LogP contribution in [0.3, 0.4) is 0 Å². The van der Waals surface area contributed by atoms with Gasteiger partial charge in [0.25, 0.3) is 5.69 Å². The Morgan fingerprint density at radius 3 is 3.00 bits per heavy atom. The minimum Gasteiger partial charge on any atom is -0.381 e.